The minimum Gasteiger partial charge on any atom is -0.377 e. The second-order valence-electron chi connectivity index (χ2n) is 13.1. The zero-order valence-electron chi connectivity index (χ0n) is 28.0. The van der Waals surface area contributed by atoms with Gasteiger partial charge in [0, 0.05) is 75.2 Å². The molecule has 46 heavy (non-hydrogen) atoms. The van der Waals surface area contributed by atoms with Gasteiger partial charge in [-0.25, -0.2) is 16.8 Å². The molecule has 0 spiro atoms. The van der Waals surface area contributed by atoms with E-state index in [1.54, 1.807) is 64.1 Å². The molecule has 4 aromatic rings. The van der Waals surface area contributed by atoms with Crippen molar-refractivity contribution in [2.75, 3.05) is 52.1 Å². The Balaban J connectivity index is 1.75. The van der Waals surface area contributed by atoms with Crippen molar-refractivity contribution in [3.8, 4) is 0 Å². The van der Waals surface area contributed by atoms with Crippen molar-refractivity contribution in [1.82, 2.24) is 13.7 Å². The van der Waals surface area contributed by atoms with Crippen LogP contribution >= 0.6 is 0 Å². The van der Waals surface area contributed by atoms with Gasteiger partial charge < -0.3 is 9.80 Å². The van der Waals surface area contributed by atoms with E-state index in [1.165, 1.54) is 26.2 Å². The number of likely N-dealkylation sites (N-methyl/N-ethyl adjacent to an activating group) is 2. The third-order valence-electron chi connectivity index (χ3n) is 8.99. The van der Waals surface area contributed by atoms with Crippen LogP contribution in [-0.2, 0) is 25.3 Å². The second-order valence-corrected chi connectivity index (χ2v) is 17.0. The number of sulfonamides is 2. The summed E-state index contributed by atoms with van der Waals surface area (Å²) in [6.07, 6.45) is 0. The molecule has 0 bridgehead atoms. The van der Waals surface area contributed by atoms with Gasteiger partial charge in [0.1, 0.15) is 0 Å². The fraction of sp³-hybridized carbons (Fsp3) is 0.353. The van der Waals surface area contributed by atoms with Gasteiger partial charge in [0.05, 0.1) is 32.3 Å². The van der Waals surface area contributed by atoms with Gasteiger partial charge in [-0.15, -0.1) is 10.3 Å². The number of benzene rings is 4. The summed E-state index contributed by atoms with van der Waals surface area (Å²) < 4.78 is 60.4. The van der Waals surface area contributed by atoms with Crippen molar-refractivity contribution in [1.29, 1.82) is 0 Å². The zero-order valence-corrected chi connectivity index (χ0v) is 29.7. The molecule has 10 nitrogen and oxygen atoms in total. The van der Waals surface area contributed by atoms with Crippen LogP contribution < -0.4 is 9.80 Å². The minimum absolute atomic E-state index is 0.0526. The van der Waals surface area contributed by atoms with Gasteiger partial charge in [-0.05, 0) is 52.0 Å². The van der Waals surface area contributed by atoms with E-state index in [4.69, 9.17) is 0 Å². The average molecular weight is 665 g/mol. The smallest absolute Gasteiger partial charge is 0.264 e. The van der Waals surface area contributed by atoms with Crippen LogP contribution in [0.4, 0.5) is 11.4 Å². The fourth-order valence-electron chi connectivity index (χ4n) is 6.83. The Morgan fingerprint density at radius 3 is 1.13 bits per heavy atom. The van der Waals surface area contributed by atoms with Gasteiger partial charge in [0.2, 0.25) is 0 Å². The Bertz CT molecular complexity index is 1960. The lowest BCUT2D eigenvalue weighted by Crippen LogP contribution is -2.50. The van der Waals surface area contributed by atoms with Crippen molar-refractivity contribution < 1.29 is 22.0 Å². The number of rotatable bonds is 8. The second kappa shape index (κ2) is 11.2. The zero-order chi connectivity index (χ0) is 34.1. The highest BCUT2D eigenvalue weighted by Crippen LogP contribution is 2.49. The number of hydroxylamine groups is 2. The van der Waals surface area contributed by atoms with Gasteiger partial charge in [0.15, 0.2) is 0 Å². The number of nitrogens with zero attached hydrogens (tertiary/aromatic N) is 5. The van der Waals surface area contributed by atoms with Crippen LogP contribution in [0, 0.1) is 0 Å². The summed E-state index contributed by atoms with van der Waals surface area (Å²) in [5, 5.41) is 17.3. The molecule has 0 aliphatic carbocycles. The molecule has 0 N–H and O–H groups in total. The molecular weight excluding hydrogens is 623 g/mol. The van der Waals surface area contributed by atoms with Crippen LogP contribution in [0.1, 0.15) is 27.7 Å². The van der Waals surface area contributed by atoms with Crippen molar-refractivity contribution in [3.63, 3.8) is 0 Å². The molecule has 1 aliphatic rings. The Labute approximate surface area is 272 Å². The van der Waals surface area contributed by atoms with Gasteiger partial charge in [-0.2, -0.15) is 0 Å². The Morgan fingerprint density at radius 1 is 0.500 bits per heavy atom. The Kier molecular flexibility index (Phi) is 8.13. The standard InChI is InChI=1S/C34H42N5O5S2/c1-33(2)31(37(9)45(41,42)29-21-13-15-23-25(29)17-11-19-27(23)35(5)6)32(34(3,4)39(33)40)38(10)46(43,44)30-22-14-16-24-26(30)18-12-20-28(24)36(7)8/h11-22H,1-10H3. The van der Waals surface area contributed by atoms with E-state index in [2.05, 4.69) is 0 Å². The molecule has 0 amide bonds. The molecule has 4 aromatic carbocycles. The molecule has 12 heteroatoms. The molecule has 245 valence electrons. The van der Waals surface area contributed by atoms with E-state index in [0.29, 0.717) is 10.8 Å². The van der Waals surface area contributed by atoms with E-state index in [1.807, 2.05) is 62.3 Å². The first-order chi connectivity index (χ1) is 21.3. The summed E-state index contributed by atoms with van der Waals surface area (Å²) in [5.41, 5.74) is -0.976. The predicted molar refractivity (Wildman–Crippen MR) is 184 cm³/mol. The van der Waals surface area contributed by atoms with Crippen LogP contribution in [0.15, 0.2) is 94.0 Å². The number of hydrogen-bond donors (Lipinski definition) is 0. The van der Waals surface area contributed by atoms with Crippen LogP contribution in [0.25, 0.3) is 21.5 Å². The molecule has 0 atom stereocenters. The molecule has 0 fully saturated rings. The lowest BCUT2D eigenvalue weighted by atomic mass is 10.0. The van der Waals surface area contributed by atoms with Crippen LogP contribution in [0.2, 0.25) is 0 Å². The summed E-state index contributed by atoms with van der Waals surface area (Å²) in [6, 6.07) is 21.1. The maximum atomic E-state index is 14.6. The van der Waals surface area contributed by atoms with Crippen LogP contribution in [0.3, 0.4) is 0 Å². The van der Waals surface area contributed by atoms with Gasteiger partial charge in [0.25, 0.3) is 20.0 Å². The maximum Gasteiger partial charge on any atom is 0.264 e. The van der Waals surface area contributed by atoms with E-state index < -0.39 is 31.1 Å². The van der Waals surface area contributed by atoms with Crippen molar-refractivity contribution in [3.05, 3.63) is 84.2 Å². The van der Waals surface area contributed by atoms with E-state index >= 15 is 0 Å². The molecule has 5 rings (SSSR count). The predicted octanol–water partition coefficient (Wildman–Crippen LogP) is 5.50. The number of fused-ring (bicyclic) bond motifs is 2. The monoisotopic (exact) mass is 664 g/mol. The number of anilines is 2. The first kappa shape index (κ1) is 33.5. The van der Waals surface area contributed by atoms with Gasteiger partial charge in [-0.1, -0.05) is 48.5 Å². The highest BCUT2D eigenvalue weighted by molar-refractivity contribution is 7.90. The molecule has 0 unspecified atom stereocenters. The van der Waals surface area contributed by atoms with E-state index in [-0.39, 0.29) is 21.2 Å². The quantitative estimate of drug-likeness (QED) is 0.245. The van der Waals surface area contributed by atoms with E-state index in [9.17, 15) is 22.0 Å². The summed E-state index contributed by atoms with van der Waals surface area (Å²) in [5.74, 6) is 0. The summed E-state index contributed by atoms with van der Waals surface area (Å²) in [7, 11) is 1.73. The third-order valence-corrected chi connectivity index (χ3v) is 12.6. The Hall–Kier alpha value is -3.84. The van der Waals surface area contributed by atoms with Crippen molar-refractivity contribution in [2.45, 2.75) is 48.6 Å². The van der Waals surface area contributed by atoms with Crippen molar-refractivity contribution >= 4 is 53.0 Å². The molecule has 1 radical (unpaired) electrons. The number of hydrogen-bond acceptors (Lipinski definition) is 7. The third kappa shape index (κ3) is 4.90. The molecule has 1 aliphatic heterocycles. The fourth-order valence-corrected chi connectivity index (χ4v) is 9.94. The first-order valence-electron chi connectivity index (χ1n) is 14.9. The van der Waals surface area contributed by atoms with E-state index in [0.717, 1.165) is 35.8 Å². The van der Waals surface area contributed by atoms with Crippen LogP contribution in [0.5, 0.6) is 0 Å². The molecule has 0 aromatic heterocycles. The molecule has 0 saturated heterocycles. The van der Waals surface area contributed by atoms with Gasteiger partial charge >= 0.3 is 0 Å². The Morgan fingerprint density at radius 2 is 0.804 bits per heavy atom. The van der Waals surface area contributed by atoms with Crippen LogP contribution in [-0.4, -0.2) is 83.9 Å². The van der Waals surface area contributed by atoms with Gasteiger partial charge in [-0.3, -0.25) is 8.61 Å². The average Bonchev–Trinajstić information content (AvgIpc) is 3.14. The normalized spacial score (nSPS) is 16.7. The lowest BCUT2D eigenvalue weighted by Gasteiger charge is -2.36. The largest absolute Gasteiger partial charge is 0.377 e. The highest BCUT2D eigenvalue weighted by Gasteiger charge is 2.57. The maximum absolute atomic E-state index is 14.6. The SMILES string of the molecule is CN(C)c1cccc2c(S(=O)(=O)N(C)C3=C(N(C)S(=O)(=O)c4cccc5c(N(C)C)cccc45)C(C)(C)N([O])C3(C)C)cccc12. The molecule has 1 heterocycles. The molecular formula is C34H42N5O5S2. The summed E-state index contributed by atoms with van der Waals surface area (Å²) >= 11 is 0. The minimum atomic E-state index is -4.30. The highest BCUT2D eigenvalue weighted by atomic mass is 32.2. The summed E-state index contributed by atoms with van der Waals surface area (Å²) in [6.45, 7) is 6.46. The summed E-state index contributed by atoms with van der Waals surface area (Å²) in [4.78, 5) is 3.93. The first-order valence-corrected chi connectivity index (χ1v) is 17.8. The van der Waals surface area contributed by atoms with Crippen molar-refractivity contribution in [2.24, 2.45) is 0 Å². The topological polar surface area (TPSA) is 104 Å². The molecule has 0 saturated carbocycles. The lowest BCUT2D eigenvalue weighted by molar-refractivity contribution is -0.243.